The molecule has 0 saturated heterocycles. The summed E-state index contributed by atoms with van der Waals surface area (Å²) in [6.07, 6.45) is 1.46. The van der Waals surface area contributed by atoms with Crippen LogP contribution in [-0.4, -0.2) is 15.9 Å². The van der Waals surface area contributed by atoms with Gasteiger partial charge in [-0.2, -0.15) is 0 Å². The molecule has 6 heteroatoms. The minimum absolute atomic E-state index is 0.243. The quantitative estimate of drug-likeness (QED) is 0.851. The Labute approximate surface area is 108 Å². The number of pyridine rings is 2. The highest BCUT2D eigenvalue weighted by atomic mass is 35.5. The molecule has 0 unspecified atom stereocenters. The number of hydrogen-bond acceptors (Lipinski definition) is 3. The second-order valence-corrected chi connectivity index (χ2v) is 3.94. The van der Waals surface area contributed by atoms with E-state index in [1.165, 1.54) is 6.20 Å². The van der Waals surface area contributed by atoms with Gasteiger partial charge < -0.3 is 5.32 Å². The molecule has 0 bridgehead atoms. The second kappa shape index (κ2) is 5.12. The summed E-state index contributed by atoms with van der Waals surface area (Å²) in [6, 6.07) is 8.07. The number of anilines is 1. The zero-order valence-electron chi connectivity index (χ0n) is 8.52. The third kappa shape index (κ3) is 3.15. The van der Waals surface area contributed by atoms with E-state index in [9.17, 15) is 4.79 Å². The van der Waals surface area contributed by atoms with Gasteiger partial charge in [-0.25, -0.2) is 9.97 Å². The summed E-state index contributed by atoms with van der Waals surface area (Å²) in [5, 5.41) is 3.27. The summed E-state index contributed by atoms with van der Waals surface area (Å²) in [5.74, 6) is -0.350. The lowest BCUT2D eigenvalue weighted by atomic mass is 10.3. The maximum absolute atomic E-state index is 11.8. The Kier molecular flexibility index (Phi) is 3.56. The lowest BCUT2D eigenvalue weighted by molar-refractivity contribution is 0.102. The molecule has 0 aromatic carbocycles. The van der Waals surface area contributed by atoms with E-state index in [0.29, 0.717) is 10.8 Å². The molecule has 0 aliphatic rings. The highest BCUT2D eigenvalue weighted by Crippen LogP contribution is 2.11. The summed E-state index contributed by atoms with van der Waals surface area (Å²) in [7, 11) is 0. The van der Waals surface area contributed by atoms with E-state index in [1.807, 2.05) is 0 Å². The highest BCUT2D eigenvalue weighted by molar-refractivity contribution is 6.29. The topological polar surface area (TPSA) is 54.9 Å². The summed E-state index contributed by atoms with van der Waals surface area (Å²) < 4.78 is 0. The van der Waals surface area contributed by atoms with Crippen molar-refractivity contribution in [2.24, 2.45) is 0 Å². The zero-order valence-corrected chi connectivity index (χ0v) is 10.0. The SMILES string of the molecule is O=C(Nc1ccc(Cl)nc1)c1cccc(Cl)n1. The van der Waals surface area contributed by atoms with Crippen LogP contribution in [0.2, 0.25) is 10.3 Å². The summed E-state index contributed by atoms with van der Waals surface area (Å²) in [4.78, 5) is 19.5. The molecular formula is C11H7Cl2N3O. The normalized spacial score (nSPS) is 10.0. The molecule has 4 nitrogen and oxygen atoms in total. The van der Waals surface area contributed by atoms with Gasteiger partial charge in [-0.05, 0) is 24.3 Å². The molecular weight excluding hydrogens is 261 g/mol. The Morgan fingerprint density at radius 2 is 1.94 bits per heavy atom. The van der Waals surface area contributed by atoms with E-state index in [1.54, 1.807) is 30.3 Å². The van der Waals surface area contributed by atoms with Crippen molar-refractivity contribution in [3.63, 3.8) is 0 Å². The number of rotatable bonds is 2. The van der Waals surface area contributed by atoms with Crippen LogP contribution in [-0.2, 0) is 0 Å². The third-order valence-corrected chi connectivity index (χ3v) is 2.37. The Balaban J connectivity index is 2.14. The maximum Gasteiger partial charge on any atom is 0.274 e. The fourth-order valence-corrected chi connectivity index (χ4v) is 1.46. The largest absolute Gasteiger partial charge is 0.319 e. The van der Waals surface area contributed by atoms with Crippen molar-refractivity contribution in [2.45, 2.75) is 0 Å². The predicted molar refractivity (Wildman–Crippen MR) is 66.4 cm³/mol. The average molecular weight is 268 g/mol. The number of amides is 1. The first-order valence-corrected chi connectivity index (χ1v) is 5.46. The molecule has 0 radical (unpaired) electrons. The predicted octanol–water partition coefficient (Wildman–Crippen LogP) is 3.04. The van der Waals surface area contributed by atoms with Crippen LogP contribution >= 0.6 is 23.2 Å². The Morgan fingerprint density at radius 1 is 1.12 bits per heavy atom. The number of halogens is 2. The van der Waals surface area contributed by atoms with Crippen LogP contribution in [0.25, 0.3) is 0 Å². The summed E-state index contributed by atoms with van der Waals surface area (Å²) in [5.41, 5.74) is 0.786. The number of carbonyl (C=O) groups excluding carboxylic acids is 1. The number of carbonyl (C=O) groups is 1. The van der Waals surface area contributed by atoms with Gasteiger partial charge in [-0.1, -0.05) is 29.3 Å². The molecule has 2 aromatic heterocycles. The number of nitrogens with zero attached hydrogens (tertiary/aromatic N) is 2. The van der Waals surface area contributed by atoms with Crippen molar-refractivity contribution in [1.29, 1.82) is 0 Å². The number of nitrogens with one attached hydrogen (secondary N) is 1. The highest BCUT2D eigenvalue weighted by Gasteiger charge is 2.07. The molecule has 2 rings (SSSR count). The fourth-order valence-electron chi connectivity index (χ4n) is 1.18. The van der Waals surface area contributed by atoms with Gasteiger partial charge >= 0.3 is 0 Å². The lowest BCUT2D eigenvalue weighted by Gasteiger charge is -2.04. The van der Waals surface area contributed by atoms with Crippen LogP contribution in [0.5, 0.6) is 0 Å². The standard InChI is InChI=1S/C11H7Cl2N3O/c12-9-5-4-7(6-14-9)15-11(17)8-2-1-3-10(13)16-8/h1-6H,(H,15,17). The van der Waals surface area contributed by atoms with E-state index in [2.05, 4.69) is 15.3 Å². The van der Waals surface area contributed by atoms with E-state index >= 15 is 0 Å². The first-order valence-electron chi connectivity index (χ1n) is 4.70. The Hall–Kier alpha value is -1.65. The van der Waals surface area contributed by atoms with Crippen LogP contribution in [0.15, 0.2) is 36.5 Å². The van der Waals surface area contributed by atoms with Crippen molar-refractivity contribution in [3.05, 3.63) is 52.5 Å². The fraction of sp³-hybridized carbons (Fsp3) is 0. The van der Waals surface area contributed by atoms with Crippen LogP contribution in [0.4, 0.5) is 5.69 Å². The molecule has 0 fully saturated rings. The van der Waals surface area contributed by atoms with Crippen LogP contribution in [0.3, 0.4) is 0 Å². The van der Waals surface area contributed by atoms with Crippen molar-refractivity contribution < 1.29 is 4.79 Å². The van der Waals surface area contributed by atoms with Gasteiger partial charge in [0, 0.05) is 0 Å². The van der Waals surface area contributed by atoms with Gasteiger partial charge in [0.15, 0.2) is 0 Å². The molecule has 0 spiro atoms. The molecule has 17 heavy (non-hydrogen) atoms. The van der Waals surface area contributed by atoms with Crippen molar-refractivity contribution in [2.75, 3.05) is 5.32 Å². The van der Waals surface area contributed by atoms with Gasteiger partial charge in [0.1, 0.15) is 16.0 Å². The van der Waals surface area contributed by atoms with Crippen LogP contribution in [0.1, 0.15) is 10.5 Å². The Morgan fingerprint density at radius 3 is 2.59 bits per heavy atom. The summed E-state index contributed by atoms with van der Waals surface area (Å²) >= 11 is 11.3. The van der Waals surface area contributed by atoms with E-state index < -0.39 is 0 Å². The molecule has 0 aliphatic carbocycles. The van der Waals surface area contributed by atoms with Gasteiger partial charge in [-0.3, -0.25) is 4.79 Å². The molecule has 0 atom stereocenters. The van der Waals surface area contributed by atoms with E-state index in [4.69, 9.17) is 23.2 Å². The first kappa shape index (κ1) is 11.8. The van der Waals surface area contributed by atoms with Gasteiger partial charge in [0.05, 0.1) is 11.9 Å². The minimum Gasteiger partial charge on any atom is -0.319 e. The smallest absolute Gasteiger partial charge is 0.274 e. The minimum atomic E-state index is -0.350. The Bertz CT molecular complexity index is 543. The van der Waals surface area contributed by atoms with Crippen molar-refractivity contribution in [3.8, 4) is 0 Å². The molecule has 2 aromatic rings. The molecule has 86 valence electrons. The number of aromatic nitrogens is 2. The van der Waals surface area contributed by atoms with E-state index in [0.717, 1.165) is 0 Å². The molecule has 1 N–H and O–H groups in total. The van der Waals surface area contributed by atoms with E-state index in [-0.39, 0.29) is 16.8 Å². The van der Waals surface area contributed by atoms with Crippen LogP contribution in [0, 0.1) is 0 Å². The molecule has 1 amide bonds. The maximum atomic E-state index is 11.8. The summed E-state index contributed by atoms with van der Waals surface area (Å²) in [6.45, 7) is 0. The molecule has 0 aliphatic heterocycles. The van der Waals surface area contributed by atoms with Crippen molar-refractivity contribution >= 4 is 34.8 Å². The number of hydrogen-bond donors (Lipinski definition) is 1. The van der Waals surface area contributed by atoms with Crippen LogP contribution < -0.4 is 5.32 Å². The average Bonchev–Trinajstić information content (AvgIpc) is 2.32. The monoisotopic (exact) mass is 267 g/mol. The third-order valence-electron chi connectivity index (χ3n) is 1.93. The lowest BCUT2D eigenvalue weighted by Crippen LogP contribution is -2.13. The van der Waals surface area contributed by atoms with Gasteiger partial charge in [0.25, 0.3) is 5.91 Å². The van der Waals surface area contributed by atoms with Gasteiger partial charge in [-0.15, -0.1) is 0 Å². The molecule has 0 saturated carbocycles. The molecule has 2 heterocycles. The van der Waals surface area contributed by atoms with Crippen molar-refractivity contribution in [1.82, 2.24) is 9.97 Å². The second-order valence-electron chi connectivity index (χ2n) is 3.17. The zero-order chi connectivity index (χ0) is 12.3. The van der Waals surface area contributed by atoms with Gasteiger partial charge in [0.2, 0.25) is 0 Å². The first-order chi connectivity index (χ1) is 8.15.